The minimum Gasteiger partial charge on any atom is -0.493 e. The highest BCUT2D eigenvalue weighted by Gasteiger charge is 2.24. The molecule has 0 unspecified atom stereocenters. The van der Waals surface area contributed by atoms with Crippen LogP contribution >= 0.6 is 0 Å². The van der Waals surface area contributed by atoms with Gasteiger partial charge in [0.25, 0.3) is 0 Å². The molecule has 2 aromatic carbocycles. The molecule has 26 heavy (non-hydrogen) atoms. The summed E-state index contributed by atoms with van der Waals surface area (Å²) in [5, 5.41) is 5.16. The summed E-state index contributed by atoms with van der Waals surface area (Å²) < 4.78 is 13.0. The number of nitrogens with zero attached hydrogens (tertiary/aromatic N) is 2. The predicted octanol–water partition coefficient (Wildman–Crippen LogP) is 3.70. The second kappa shape index (κ2) is 5.53. The number of hydrogen-bond donors (Lipinski definition) is 1. The molecule has 1 N–H and O–H groups in total. The smallest absolute Gasteiger partial charge is 0.237 e. The third-order valence-corrected chi connectivity index (χ3v) is 4.56. The molecule has 2 aromatic heterocycles. The number of aryl methyl sites for hydroxylation is 1. The lowest BCUT2D eigenvalue weighted by Gasteiger charge is -2.07. The van der Waals surface area contributed by atoms with E-state index >= 15 is 0 Å². The third kappa shape index (κ3) is 2.14. The maximum Gasteiger partial charge on any atom is 0.237 e. The SMILES string of the molecule is COc1cc(-c2oncc2-c2ccc3c(ccn3C)c2)cc2c1ONO2. The van der Waals surface area contributed by atoms with Crippen molar-refractivity contribution in [3.05, 3.63) is 48.8 Å². The van der Waals surface area contributed by atoms with Gasteiger partial charge >= 0.3 is 0 Å². The summed E-state index contributed by atoms with van der Waals surface area (Å²) in [7, 11) is 3.60. The molecular weight excluding hydrogens is 334 g/mol. The van der Waals surface area contributed by atoms with Gasteiger partial charge in [-0.1, -0.05) is 11.2 Å². The van der Waals surface area contributed by atoms with Gasteiger partial charge in [0.15, 0.2) is 11.5 Å². The quantitative estimate of drug-likeness (QED) is 0.608. The van der Waals surface area contributed by atoms with Crippen molar-refractivity contribution in [2.24, 2.45) is 7.05 Å². The van der Waals surface area contributed by atoms with Gasteiger partial charge in [0, 0.05) is 40.9 Å². The number of aromatic nitrogens is 2. The van der Waals surface area contributed by atoms with E-state index in [4.69, 9.17) is 18.9 Å². The van der Waals surface area contributed by atoms with Gasteiger partial charge in [0.05, 0.1) is 13.3 Å². The second-order valence-electron chi connectivity index (χ2n) is 6.06. The molecule has 7 heteroatoms. The third-order valence-electron chi connectivity index (χ3n) is 4.56. The zero-order valence-electron chi connectivity index (χ0n) is 14.1. The van der Waals surface area contributed by atoms with Crippen molar-refractivity contribution < 1.29 is 18.9 Å². The fourth-order valence-electron chi connectivity index (χ4n) is 3.25. The minimum atomic E-state index is 0.503. The van der Waals surface area contributed by atoms with E-state index in [9.17, 15) is 0 Å². The topological polar surface area (TPSA) is 70.7 Å². The van der Waals surface area contributed by atoms with Crippen molar-refractivity contribution in [1.82, 2.24) is 15.4 Å². The molecule has 130 valence electrons. The number of fused-ring (bicyclic) bond motifs is 2. The van der Waals surface area contributed by atoms with E-state index in [1.165, 1.54) is 5.52 Å². The molecule has 0 saturated heterocycles. The molecule has 1 aliphatic rings. The summed E-state index contributed by atoms with van der Waals surface area (Å²) in [5.74, 6) is 2.21. The van der Waals surface area contributed by atoms with Crippen LogP contribution in [-0.2, 0) is 7.05 Å². The molecule has 5 rings (SSSR count). The van der Waals surface area contributed by atoms with E-state index in [2.05, 4.69) is 39.6 Å². The van der Waals surface area contributed by atoms with Crippen LogP contribution in [0.25, 0.3) is 33.4 Å². The fraction of sp³-hybridized carbons (Fsp3) is 0.105. The Hall–Kier alpha value is -3.45. The lowest BCUT2D eigenvalue weighted by atomic mass is 10.0. The molecule has 0 bridgehead atoms. The Morgan fingerprint density at radius 3 is 2.88 bits per heavy atom. The van der Waals surface area contributed by atoms with Crippen molar-refractivity contribution in [2.75, 3.05) is 7.11 Å². The molecule has 7 nitrogen and oxygen atoms in total. The molecule has 0 fully saturated rings. The van der Waals surface area contributed by atoms with Crippen LogP contribution in [0.5, 0.6) is 17.2 Å². The monoisotopic (exact) mass is 349 g/mol. The Bertz CT molecular complexity index is 1130. The first-order chi connectivity index (χ1) is 12.7. The summed E-state index contributed by atoms with van der Waals surface area (Å²) in [5.41, 5.74) is 6.25. The molecule has 4 aromatic rings. The van der Waals surface area contributed by atoms with Crippen LogP contribution in [0.15, 0.2) is 53.3 Å². The first kappa shape index (κ1) is 14.9. The molecular formula is C19H15N3O4. The Morgan fingerprint density at radius 2 is 2.00 bits per heavy atom. The summed E-state index contributed by atoms with van der Waals surface area (Å²) in [6.45, 7) is 0. The number of methoxy groups -OCH3 is 1. The largest absolute Gasteiger partial charge is 0.493 e. The maximum atomic E-state index is 5.55. The summed E-state index contributed by atoms with van der Waals surface area (Å²) in [4.78, 5) is 10.5. The van der Waals surface area contributed by atoms with Crippen LogP contribution < -0.4 is 20.1 Å². The zero-order chi connectivity index (χ0) is 17.7. The van der Waals surface area contributed by atoms with Crippen LogP contribution in [0.4, 0.5) is 0 Å². The van der Waals surface area contributed by atoms with E-state index in [0.29, 0.717) is 23.0 Å². The van der Waals surface area contributed by atoms with Gasteiger partial charge in [-0.3, -0.25) is 0 Å². The van der Waals surface area contributed by atoms with Gasteiger partial charge < -0.3 is 23.5 Å². The number of ether oxygens (including phenoxy) is 1. The van der Waals surface area contributed by atoms with Crippen LogP contribution in [0.3, 0.4) is 0 Å². The van der Waals surface area contributed by atoms with E-state index in [-0.39, 0.29) is 0 Å². The minimum absolute atomic E-state index is 0.503. The average molecular weight is 349 g/mol. The molecule has 0 saturated carbocycles. The van der Waals surface area contributed by atoms with Gasteiger partial charge in [0.1, 0.15) is 0 Å². The Labute approximate surface area is 148 Å². The van der Waals surface area contributed by atoms with Crippen molar-refractivity contribution in [2.45, 2.75) is 0 Å². The summed E-state index contributed by atoms with van der Waals surface area (Å²) in [6, 6.07) is 12.0. The molecule has 3 heterocycles. The molecule has 0 aliphatic carbocycles. The average Bonchev–Trinajstić information content (AvgIpc) is 3.40. The number of hydrogen-bond acceptors (Lipinski definition) is 6. The molecule has 0 spiro atoms. The van der Waals surface area contributed by atoms with E-state index in [1.807, 2.05) is 25.4 Å². The van der Waals surface area contributed by atoms with Gasteiger partial charge in [0.2, 0.25) is 11.5 Å². The predicted molar refractivity (Wildman–Crippen MR) is 94.8 cm³/mol. The standard InChI is InChI=1S/C19H15N3O4/c1-22-6-5-12-7-11(3-4-15(12)22)14-10-20-25-18(14)13-8-16(23-2)19-17(9-13)24-21-26-19/h3-10,21H,1-2H3. The molecule has 0 amide bonds. The maximum absolute atomic E-state index is 5.55. The highest BCUT2D eigenvalue weighted by atomic mass is 16.9. The normalized spacial score (nSPS) is 12.7. The summed E-state index contributed by atoms with van der Waals surface area (Å²) >= 11 is 0. The van der Waals surface area contributed by atoms with E-state index in [0.717, 1.165) is 22.1 Å². The number of benzene rings is 2. The molecule has 0 radical (unpaired) electrons. The highest BCUT2D eigenvalue weighted by molar-refractivity contribution is 5.89. The summed E-state index contributed by atoms with van der Waals surface area (Å²) in [6.07, 6.45) is 3.76. The highest BCUT2D eigenvalue weighted by Crippen LogP contribution is 2.45. The van der Waals surface area contributed by atoms with Gasteiger partial charge in [-0.15, -0.1) is 0 Å². The van der Waals surface area contributed by atoms with Gasteiger partial charge in [-0.2, -0.15) is 0 Å². The zero-order valence-corrected chi connectivity index (χ0v) is 14.1. The lowest BCUT2D eigenvalue weighted by Crippen LogP contribution is -2.14. The Morgan fingerprint density at radius 1 is 1.08 bits per heavy atom. The van der Waals surface area contributed by atoms with Crippen molar-refractivity contribution in [3.63, 3.8) is 0 Å². The van der Waals surface area contributed by atoms with Crippen LogP contribution in [0.1, 0.15) is 0 Å². The van der Waals surface area contributed by atoms with Gasteiger partial charge in [-0.05, 0) is 35.9 Å². The first-order valence-electron chi connectivity index (χ1n) is 8.06. The fourth-order valence-corrected chi connectivity index (χ4v) is 3.25. The first-order valence-corrected chi connectivity index (χ1v) is 8.06. The number of nitrogens with one attached hydrogen (secondary N) is 1. The van der Waals surface area contributed by atoms with Crippen molar-refractivity contribution in [3.8, 4) is 39.7 Å². The van der Waals surface area contributed by atoms with Gasteiger partial charge in [-0.25, -0.2) is 0 Å². The van der Waals surface area contributed by atoms with Crippen molar-refractivity contribution in [1.29, 1.82) is 0 Å². The molecule has 1 aliphatic heterocycles. The van der Waals surface area contributed by atoms with Crippen LogP contribution in [0, 0.1) is 0 Å². The molecule has 0 atom stereocenters. The second-order valence-corrected chi connectivity index (χ2v) is 6.06. The van der Waals surface area contributed by atoms with Crippen LogP contribution in [0.2, 0.25) is 0 Å². The van der Waals surface area contributed by atoms with E-state index in [1.54, 1.807) is 13.3 Å². The van der Waals surface area contributed by atoms with E-state index < -0.39 is 0 Å². The number of rotatable bonds is 3. The van der Waals surface area contributed by atoms with Crippen LogP contribution in [-0.4, -0.2) is 16.8 Å². The Balaban J connectivity index is 1.65. The Kier molecular flexibility index (Phi) is 3.16. The lowest BCUT2D eigenvalue weighted by molar-refractivity contribution is 0.0248. The van der Waals surface area contributed by atoms with Crippen molar-refractivity contribution >= 4 is 10.9 Å².